The zero-order valence-electron chi connectivity index (χ0n) is 15.4. The highest BCUT2D eigenvalue weighted by atomic mass is 16.3. The lowest BCUT2D eigenvalue weighted by molar-refractivity contribution is -0.158. The van der Waals surface area contributed by atoms with Crippen molar-refractivity contribution < 1.29 is 25.2 Å². The van der Waals surface area contributed by atoms with Crippen LogP contribution in [0.3, 0.4) is 0 Å². The number of fused-ring (bicyclic) bond motifs is 1. The normalized spacial score (nSPS) is 43.7. The number of rotatable bonds is 3. The zero-order valence-corrected chi connectivity index (χ0v) is 15.4. The SMILES string of the molecule is C=C1CC[C@@H](O)C/C1=C/C=C1\C[C@H](O)C[C@@]2(C)[C@H]1CC[C@]2(O)C(=O)CO. The molecular formula is C21H30O5. The molecule has 0 amide bonds. The minimum atomic E-state index is -1.59. The Morgan fingerprint density at radius 3 is 2.65 bits per heavy atom. The molecule has 5 nitrogen and oxygen atoms in total. The van der Waals surface area contributed by atoms with E-state index in [4.69, 9.17) is 0 Å². The van der Waals surface area contributed by atoms with Gasteiger partial charge in [-0.3, -0.25) is 4.79 Å². The predicted octanol–water partition coefficient (Wildman–Crippen LogP) is 1.80. The van der Waals surface area contributed by atoms with Crippen molar-refractivity contribution in [3.05, 3.63) is 35.5 Å². The first kappa shape index (κ1) is 19.5. The summed E-state index contributed by atoms with van der Waals surface area (Å²) in [5.74, 6) is -0.567. The van der Waals surface area contributed by atoms with Gasteiger partial charge in [0, 0.05) is 5.41 Å². The number of ketones is 1. The number of allylic oxidation sites excluding steroid dienone is 3. The first-order valence-corrected chi connectivity index (χ1v) is 9.51. The number of hydrogen-bond donors (Lipinski definition) is 4. The van der Waals surface area contributed by atoms with Crippen LogP contribution in [0.2, 0.25) is 0 Å². The van der Waals surface area contributed by atoms with Crippen molar-refractivity contribution in [3.63, 3.8) is 0 Å². The van der Waals surface area contributed by atoms with E-state index in [-0.39, 0.29) is 12.0 Å². The van der Waals surface area contributed by atoms with Gasteiger partial charge in [-0.25, -0.2) is 0 Å². The lowest BCUT2D eigenvalue weighted by atomic mass is 9.60. The largest absolute Gasteiger partial charge is 0.393 e. The van der Waals surface area contributed by atoms with Gasteiger partial charge in [0.1, 0.15) is 12.2 Å². The van der Waals surface area contributed by atoms with Crippen molar-refractivity contribution >= 4 is 5.78 Å². The zero-order chi connectivity index (χ0) is 19.1. The van der Waals surface area contributed by atoms with Crippen LogP contribution in [0, 0.1) is 11.3 Å². The second kappa shape index (κ2) is 7.04. The van der Waals surface area contributed by atoms with Gasteiger partial charge in [-0.05, 0) is 56.4 Å². The third-order valence-electron chi connectivity index (χ3n) is 6.88. The fourth-order valence-corrected chi connectivity index (χ4v) is 5.30. The molecule has 3 saturated carbocycles. The summed E-state index contributed by atoms with van der Waals surface area (Å²) in [5.41, 5.74) is 0.707. The van der Waals surface area contributed by atoms with E-state index in [0.29, 0.717) is 32.1 Å². The highest BCUT2D eigenvalue weighted by Gasteiger charge is 2.62. The van der Waals surface area contributed by atoms with Crippen LogP contribution >= 0.6 is 0 Å². The fourth-order valence-electron chi connectivity index (χ4n) is 5.30. The molecule has 0 saturated heterocycles. The number of aliphatic hydroxyl groups excluding tert-OH is 3. The summed E-state index contributed by atoms with van der Waals surface area (Å²) in [6.45, 7) is 5.24. The maximum atomic E-state index is 12.2. The Labute approximate surface area is 154 Å². The summed E-state index contributed by atoms with van der Waals surface area (Å²) >= 11 is 0. The maximum Gasteiger partial charge on any atom is 0.190 e. The summed E-state index contributed by atoms with van der Waals surface area (Å²) in [7, 11) is 0. The molecule has 0 aliphatic heterocycles. The van der Waals surface area contributed by atoms with Gasteiger partial charge in [0.05, 0.1) is 12.2 Å². The molecule has 3 aliphatic rings. The van der Waals surface area contributed by atoms with Gasteiger partial charge in [0.25, 0.3) is 0 Å². The van der Waals surface area contributed by atoms with Crippen LogP contribution in [0.15, 0.2) is 35.5 Å². The first-order chi connectivity index (χ1) is 12.2. The molecule has 0 aromatic heterocycles. The van der Waals surface area contributed by atoms with Crippen molar-refractivity contribution in [1.29, 1.82) is 0 Å². The predicted molar refractivity (Wildman–Crippen MR) is 98.3 cm³/mol. The van der Waals surface area contributed by atoms with Crippen LogP contribution in [0.25, 0.3) is 0 Å². The maximum absolute atomic E-state index is 12.2. The van der Waals surface area contributed by atoms with Gasteiger partial charge in [-0.15, -0.1) is 0 Å². The Kier molecular flexibility index (Phi) is 5.28. The van der Waals surface area contributed by atoms with Crippen molar-refractivity contribution in [3.8, 4) is 0 Å². The van der Waals surface area contributed by atoms with E-state index < -0.39 is 29.5 Å². The quantitative estimate of drug-likeness (QED) is 0.614. The molecule has 3 aliphatic carbocycles. The van der Waals surface area contributed by atoms with E-state index in [1.807, 2.05) is 19.1 Å². The minimum Gasteiger partial charge on any atom is -0.393 e. The average molecular weight is 362 g/mol. The van der Waals surface area contributed by atoms with Gasteiger partial charge in [0.2, 0.25) is 0 Å². The third-order valence-corrected chi connectivity index (χ3v) is 6.88. The average Bonchev–Trinajstić information content (AvgIpc) is 2.86. The number of carbonyl (C=O) groups excluding carboxylic acids is 1. The van der Waals surface area contributed by atoms with Crippen LogP contribution in [-0.2, 0) is 4.79 Å². The van der Waals surface area contributed by atoms with Crippen molar-refractivity contribution in [2.75, 3.05) is 6.61 Å². The number of Topliss-reactive ketones (excluding diaryl/α,β-unsaturated/α-hetero) is 1. The van der Waals surface area contributed by atoms with Crippen LogP contribution in [0.1, 0.15) is 51.9 Å². The highest BCUT2D eigenvalue weighted by molar-refractivity contribution is 5.89. The summed E-state index contributed by atoms with van der Waals surface area (Å²) in [4.78, 5) is 12.2. The molecule has 4 N–H and O–H groups in total. The Bertz CT molecular complexity index is 663. The molecule has 0 aromatic rings. The molecule has 3 rings (SSSR count). The molecular weight excluding hydrogens is 332 g/mol. The fraction of sp³-hybridized carbons (Fsp3) is 0.667. The molecule has 5 atom stereocenters. The summed E-state index contributed by atoms with van der Waals surface area (Å²) < 4.78 is 0. The molecule has 144 valence electrons. The summed E-state index contributed by atoms with van der Waals surface area (Å²) in [6, 6.07) is 0. The minimum absolute atomic E-state index is 0.00923. The van der Waals surface area contributed by atoms with E-state index in [0.717, 1.165) is 29.6 Å². The summed E-state index contributed by atoms with van der Waals surface area (Å²) in [5, 5.41) is 40.6. The van der Waals surface area contributed by atoms with E-state index >= 15 is 0 Å². The lowest BCUT2D eigenvalue weighted by Gasteiger charge is -2.47. The van der Waals surface area contributed by atoms with Gasteiger partial charge in [-0.1, -0.05) is 36.8 Å². The number of carbonyl (C=O) groups is 1. The molecule has 3 fully saturated rings. The van der Waals surface area contributed by atoms with Crippen LogP contribution < -0.4 is 0 Å². The van der Waals surface area contributed by atoms with Gasteiger partial charge in [0.15, 0.2) is 5.78 Å². The molecule has 26 heavy (non-hydrogen) atoms. The second-order valence-corrected chi connectivity index (χ2v) is 8.45. The Hall–Kier alpha value is -1.27. The Morgan fingerprint density at radius 2 is 1.96 bits per heavy atom. The molecule has 0 spiro atoms. The van der Waals surface area contributed by atoms with E-state index in [1.54, 1.807) is 0 Å². The van der Waals surface area contributed by atoms with Crippen LogP contribution in [0.4, 0.5) is 0 Å². The first-order valence-electron chi connectivity index (χ1n) is 9.51. The van der Waals surface area contributed by atoms with Crippen molar-refractivity contribution in [2.45, 2.75) is 69.7 Å². The van der Waals surface area contributed by atoms with E-state index in [9.17, 15) is 25.2 Å². The number of aliphatic hydroxyl groups is 4. The van der Waals surface area contributed by atoms with Gasteiger partial charge < -0.3 is 20.4 Å². The van der Waals surface area contributed by atoms with Gasteiger partial charge in [-0.2, -0.15) is 0 Å². The van der Waals surface area contributed by atoms with E-state index in [2.05, 4.69) is 6.58 Å². The van der Waals surface area contributed by atoms with E-state index in [1.165, 1.54) is 0 Å². The monoisotopic (exact) mass is 362 g/mol. The van der Waals surface area contributed by atoms with Gasteiger partial charge >= 0.3 is 0 Å². The standard InChI is InChI=1S/C21H30O5/c1-13-3-6-16(23)9-14(13)4-5-15-10-17(24)11-20(2)18(15)7-8-21(20,26)19(25)12-22/h4-5,16-18,22-24,26H,1,3,6-12H2,2H3/b14-4-,15-5+/t16-,17+,18+,20+,21+/m1/s1. The highest BCUT2D eigenvalue weighted by Crippen LogP contribution is 2.59. The third kappa shape index (κ3) is 3.11. The molecule has 0 aromatic carbocycles. The molecule has 0 heterocycles. The van der Waals surface area contributed by atoms with Crippen molar-refractivity contribution in [2.24, 2.45) is 11.3 Å². The molecule has 0 unspecified atom stereocenters. The Balaban J connectivity index is 1.92. The van der Waals surface area contributed by atoms with Crippen molar-refractivity contribution in [1.82, 2.24) is 0 Å². The topological polar surface area (TPSA) is 98.0 Å². The Morgan fingerprint density at radius 1 is 1.23 bits per heavy atom. The lowest BCUT2D eigenvalue weighted by Crippen LogP contribution is -2.55. The smallest absolute Gasteiger partial charge is 0.190 e. The molecule has 5 heteroatoms. The van der Waals surface area contributed by atoms with Crippen LogP contribution in [0.5, 0.6) is 0 Å². The number of hydrogen-bond acceptors (Lipinski definition) is 5. The van der Waals surface area contributed by atoms with Crippen LogP contribution in [-0.4, -0.2) is 50.6 Å². The molecule has 0 radical (unpaired) electrons. The summed E-state index contributed by atoms with van der Waals surface area (Å²) in [6.07, 6.45) is 6.92. The molecule has 0 bridgehead atoms. The second-order valence-electron chi connectivity index (χ2n) is 8.45.